The fraction of sp³-hybridized carbons (Fsp3) is 0.444. The zero-order chi connectivity index (χ0) is 25.0. The Kier molecular flexibility index (Phi) is 10.6. The van der Waals surface area contributed by atoms with Gasteiger partial charge in [0.25, 0.3) is 5.91 Å². The zero-order valence-corrected chi connectivity index (χ0v) is 21.1. The van der Waals surface area contributed by atoms with E-state index in [0.717, 1.165) is 37.7 Å². The van der Waals surface area contributed by atoms with Gasteiger partial charge in [0.2, 0.25) is 11.2 Å². The first kappa shape index (κ1) is 26.8. The Hall–Kier alpha value is -2.84. The standard InChI is InChI=1S/C27H34N2O5S/c1-2-34-27(32)23-15-13-22(14-16-23)20-35(33)24-18-29(26(24)31)19-25(30)28-17-9-4-3-6-10-21-11-7-5-8-12-21/h5,7-8,11-16,24H,2-4,6,9-10,17-20H2,1H3,(H,28,30). The van der Waals surface area contributed by atoms with E-state index in [1.807, 2.05) is 6.07 Å². The molecule has 1 heterocycles. The van der Waals surface area contributed by atoms with E-state index < -0.39 is 22.4 Å². The van der Waals surface area contributed by atoms with Gasteiger partial charge in [-0.15, -0.1) is 0 Å². The molecule has 35 heavy (non-hydrogen) atoms. The fourth-order valence-electron chi connectivity index (χ4n) is 3.92. The van der Waals surface area contributed by atoms with Crippen LogP contribution in [0.2, 0.25) is 0 Å². The van der Waals surface area contributed by atoms with E-state index in [4.69, 9.17) is 4.74 Å². The molecule has 2 amide bonds. The first-order chi connectivity index (χ1) is 17.0. The average Bonchev–Trinajstić information content (AvgIpc) is 2.86. The number of ether oxygens (including phenoxy) is 1. The first-order valence-electron chi connectivity index (χ1n) is 12.2. The highest BCUT2D eigenvalue weighted by Gasteiger charge is 2.45. The quantitative estimate of drug-likeness (QED) is 0.187. The molecule has 0 bridgehead atoms. The Labute approximate surface area is 210 Å². The van der Waals surface area contributed by atoms with Crippen molar-refractivity contribution < 1.29 is 23.7 Å². The molecule has 1 fully saturated rings. The van der Waals surface area contributed by atoms with Crippen LogP contribution in [0.15, 0.2) is 54.6 Å². The number of amides is 2. The molecule has 1 saturated heterocycles. The third-order valence-electron chi connectivity index (χ3n) is 5.96. The number of nitrogens with one attached hydrogen (secondary N) is 1. The Bertz CT molecular complexity index is 967. The van der Waals surface area contributed by atoms with Crippen LogP contribution in [0.3, 0.4) is 0 Å². The minimum atomic E-state index is -1.38. The summed E-state index contributed by atoms with van der Waals surface area (Å²) in [6.45, 7) is 2.97. The minimum Gasteiger partial charge on any atom is -0.615 e. The molecule has 1 N–H and O–H groups in total. The van der Waals surface area contributed by atoms with E-state index in [2.05, 4.69) is 29.6 Å². The highest BCUT2D eigenvalue weighted by atomic mass is 32.2. The van der Waals surface area contributed by atoms with E-state index in [1.54, 1.807) is 31.2 Å². The number of carbonyl (C=O) groups is 3. The lowest BCUT2D eigenvalue weighted by molar-refractivity contribution is -0.143. The Morgan fingerprint density at radius 1 is 1.03 bits per heavy atom. The molecule has 2 aromatic carbocycles. The van der Waals surface area contributed by atoms with Crippen molar-refractivity contribution >= 4 is 29.0 Å². The SMILES string of the molecule is CCOC(=O)c1ccc(C[S+]([O-])C2CN(CC(=O)NCCCCCCc3ccccc3)C2=O)cc1. The summed E-state index contributed by atoms with van der Waals surface area (Å²) in [7, 11) is 0. The van der Waals surface area contributed by atoms with Crippen LogP contribution in [0.5, 0.6) is 0 Å². The summed E-state index contributed by atoms with van der Waals surface area (Å²) in [5.74, 6) is -0.598. The highest BCUT2D eigenvalue weighted by Crippen LogP contribution is 2.22. The largest absolute Gasteiger partial charge is 0.615 e. The van der Waals surface area contributed by atoms with E-state index in [0.29, 0.717) is 25.3 Å². The van der Waals surface area contributed by atoms with Gasteiger partial charge in [0.1, 0.15) is 5.75 Å². The van der Waals surface area contributed by atoms with Gasteiger partial charge in [-0.25, -0.2) is 4.79 Å². The van der Waals surface area contributed by atoms with Gasteiger partial charge in [-0.05, 0) is 55.1 Å². The van der Waals surface area contributed by atoms with Crippen LogP contribution in [0.1, 0.15) is 54.1 Å². The summed E-state index contributed by atoms with van der Waals surface area (Å²) < 4.78 is 17.6. The molecule has 2 aromatic rings. The van der Waals surface area contributed by atoms with Crippen LogP contribution in [-0.2, 0) is 37.7 Å². The summed E-state index contributed by atoms with van der Waals surface area (Å²) in [6, 6.07) is 17.1. The molecule has 1 aliphatic heterocycles. The fourth-order valence-corrected chi connectivity index (χ4v) is 5.37. The van der Waals surface area contributed by atoms with Crippen LogP contribution >= 0.6 is 0 Å². The van der Waals surface area contributed by atoms with Crippen molar-refractivity contribution in [1.29, 1.82) is 0 Å². The van der Waals surface area contributed by atoms with E-state index >= 15 is 0 Å². The van der Waals surface area contributed by atoms with Crippen molar-refractivity contribution in [2.75, 3.05) is 26.2 Å². The summed E-state index contributed by atoms with van der Waals surface area (Å²) in [5.41, 5.74) is 2.57. The number of hydrogen-bond donors (Lipinski definition) is 1. The van der Waals surface area contributed by atoms with Crippen LogP contribution in [0.25, 0.3) is 0 Å². The molecule has 0 spiro atoms. The van der Waals surface area contributed by atoms with Crippen LogP contribution in [0.4, 0.5) is 0 Å². The highest BCUT2D eigenvalue weighted by molar-refractivity contribution is 7.92. The summed E-state index contributed by atoms with van der Waals surface area (Å²) in [5, 5.41) is 2.29. The molecule has 7 nitrogen and oxygen atoms in total. The molecule has 0 aliphatic carbocycles. The van der Waals surface area contributed by atoms with E-state index in [1.165, 1.54) is 10.5 Å². The van der Waals surface area contributed by atoms with Crippen LogP contribution in [-0.4, -0.2) is 58.7 Å². The monoisotopic (exact) mass is 498 g/mol. The summed E-state index contributed by atoms with van der Waals surface area (Å²) in [4.78, 5) is 37.7. The van der Waals surface area contributed by atoms with Gasteiger partial charge in [-0.1, -0.05) is 55.3 Å². The topological polar surface area (TPSA) is 98.8 Å². The van der Waals surface area contributed by atoms with Crippen molar-refractivity contribution in [3.63, 3.8) is 0 Å². The predicted octanol–water partition coefficient (Wildman–Crippen LogP) is 3.24. The number of carbonyl (C=O) groups excluding carboxylic acids is 3. The van der Waals surface area contributed by atoms with Gasteiger partial charge in [-0.3, -0.25) is 9.59 Å². The number of esters is 1. The molecule has 3 rings (SSSR count). The number of aryl methyl sites for hydroxylation is 1. The zero-order valence-electron chi connectivity index (χ0n) is 20.2. The number of likely N-dealkylation sites (tertiary alicyclic amines) is 1. The summed E-state index contributed by atoms with van der Waals surface area (Å²) in [6.07, 6.45) is 5.29. The minimum absolute atomic E-state index is 0.00871. The van der Waals surface area contributed by atoms with E-state index in [-0.39, 0.29) is 24.1 Å². The maximum atomic E-state index is 12.6. The number of hydrogen-bond acceptors (Lipinski definition) is 5. The number of rotatable bonds is 14. The van der Waals surface area contributed by atoms with Crippen molar-refractivity contribution in [1.82, 2.24) is 10.2 Å². The second-order valence-electron chi connectivity index (χ2n) is 8.65. The smallest absolute Gasteiger partial charge is 0.338 e. The Balaban J connectivity index is 1.27. The molecule has 1 aliphatic rings. The van der Waals surface area contributed by atoms with Crippen molar-refractivity contribution in [2.24, 2.45) is 0 Å². The maximum absolute atomic E-state index is 12.6. The lowest BCUT2D eigenvalue weighted by atomic mass is 10.1. The lowest BCUT2D eigenvalue weighted by Gasteiger charge is -2.37. The molecule has 0 aromatic heterocycles. The number of β-lactam (4-membered cyclic amide) rings is 1. The summed E-state index contributed by atoms with van der Waals surface area (Å²) >= 11 is -1.38. The first-order valence-corrected chi connectivity index (χ1v) is 13.6. The molecule has 2 unspecified atom stereocenters. The molecule has 0 saturated carbocycles. The van der Waals surface area contributed by atoms with Gasteiger partial charge >= 0.3 is 5.97 Å². The molecule has 188 valence electrons. The average molecular weight is 499 g/mol. The normalized spacial score (nSPS) is 15.9. The van der Waals surface area contributed by atoms with Crippen LogP contribution in [0, 0.1) is 0 Å². The van der Waals surface area contributed by atoms with Gasteiger partial charge in [0.05, 0.1) is 25.3 Å². The number of benzene rings is 2. The second kappa shape index (κ2) is 13.9. The third-order valence-corrected chi connectivity index (χ3v) is 7.56. The molecule has 8 heteroatoms. The van der Waals surface area contributed by atoms with Crippen molar-refractivity contribution in [2.45, 2.75) is 50.0 Å². The molecular formula is C27H34N2O5S. The van der Waals surface area contributed by atoms with Gasteiger partial charge in [0, 0.05) is 12.1 Å². The van der Waals surface area contributed by atoms with Gasteiger partial charge in [0.15, 0.2) is 0 Å². The van der Waals surface area contributed by atoms with Gasteiger partial charge < -0.3 is 19.5 Å². The van der Waals surface area contributed by atoms with Gasteiger partial charge in [-0.2, -0.15) is 0 Å². The van der Waals surface area contributed by atoms with Crippen LogP contribution < -0.4 is 5.32 Å². The van der Waals surface area contributed by atoms with Crippen molar-refractivity contribution in [3.05, 3.63) is 71.3 Å². The van der Waals surface area contributed by atoms with Crippen molar-refractivity contribution in [3.8, 4) is 0 Å². The molecule has 2 atom stereocenters. The maximum Gasteiger partial charge on any atom is 0.338 e. The Morgan fingerprint density at radius 3 is 2.43 bits per heavy atom. The lowest BCUT2D eigenvalue weighted by Crippen LogP contribution is -2.61. The third kappa shape index (κ3) is 8.40. The number of unbranched alkanes of at least 4 members (excludes halogenated alkanes) is 3. The predicted molar refractivity (Wildman–Crippen MR) is 136 cm³/mol. The second-order valence-corrected chi connectivity index (χ2v) is 10.3. The molecule has 0 radical (unpaired) electrons. The Morgan fingerprint density at radius 2 is 1.74 bits per heavy atom. The molecular weight excluding hydrogens is 464 g/mol. The van der Waals surface area contributed by atoms with E-state index in [9.17, 15) is 18.9 Å². The number of nitrogens with zero attached hydrogens (tertiary/aromatic N) is 1.